The number of aryl methyl sites for hydroxylation is 1. The molecule has 0 aliphatic rings. The van der Waals surface area contributed by atoms with Crippen molar-refractivity contribution in [2.45, 2.75) is 26.4 Å². The quantitative estimate of drug-likeness (QED) is 0.735. The maximum Gasteiger partial charge on any atom is 0.310 e. The van der Waals surface area contributed by atoms with Gasteiger partial charge in [0.05, 0.1) is 18.7 Å². The first-order valence-corrected chi connectivity index (χ1v) is 8.38. The number of halogens is 2. The molecule has 138 valence electrons. The Hall–Kier alpha value is -2.60. The van der Waals surface area contributed by atoms with Crippen molar-refractivity contribution in [3.05, 3.63) is 58.9 Å². The Balaban J connectivity index is 1.78. The Bertz CT molecular complexity index is 797. The van der Waals surface area contributed by atoms with Crippen molar-refractivity contribution in [1.29, 1.82) is 0 Å². The van der Waals surface area contributed by atoms with Crippen LogP contribution in [0.5, 0.6) is 5.75 Å². The number of nitrogens with one attached hydrogen (secondary N) is 1. The number of rotatable bonds is 7. The Morgan fingerprint density at radius 3 is 2.65 bits per heavy atom. The van der Waals surface area contributed by atoms with Gasteiger partial charge in [0, 0.05) is 5.02 Å². The lowest BCUT2D eigenvalue weighted by atomic mass is 10.2. The molecule has 2 rings (SSSR count). The molecule has 2 aromatic rings. The van der Waals surface area contributed by atoms with Gasteiger partial charge < -0.3 is 14.8 Å². The number of carbonyl (C=O) groups is 2. The molecule has 5 nitrogen and oxygen atoms in total. The number of amides is 1. The van der Waals surface area contributed by atoms with E-state index in [2.05, 4.69) is 5.32 Å². The van der Waals surface area contributed by atoms with Gasteiger partial charge in [-0.2, -0.15) is 0 Å². The summed E-state index contributed by atoms with van der Waals surface area (Å²) in [7, 11) is 0. The largest absolute Gasteiger partial charge is 0.493 e. The second-order valence-corrected chi connectivity index (χ2v) is 6.05. The first-order valence-electron chi connectivity index (χ1n) is 8.00. The summed E-state index contributed by atoms with van der Waals surface area (Å²) in [5.41, 5.74) is 0.920. The van der Waals surface area contributed by atoms with E-state index in [1.165, 1.54) is 19.1 Å². The SMILES string of the molecule is Cc1ccccc1OCCC(=O)O[C@@H](C)C(=O)Nc1ccc(Cl)cc1F. The fourth-order valence-corrected chi connectivity index (χ4v) is 2.26. The molecule has 0 saturated carbocycles. The van der Waals surface area contributed by atoms with E-state index in [0.717, 1.165) is 11.6 Å². The average molecular weight is 380 g/mol. The van der Waals surface area contributed by atoms with Crippen LogP contribution in [-0.2, 0) is 14.3 Å². The second-order valence-electron chi connectivity index (χ2n) is 5.61. The summed E-state index contributed by atoms with van der Waals surface area (Å²) in [5.74, 6) is -1.21. The van der Waals surface area contributed by atoms with Crippen molar-refractivity contribution < 1.29 is 23.5 Å². The Labute approximate surface area is 156 Å². The third-order valence-corrected chi connectivity index (χ3v) is 3.76. The minimum Gasteiger partial charge on any atom is -0.493 e. The second kappa shape index (κ2) is 9.20. The molecule has 1 N–H and O–H groups in total. The molecule has 0 aliphatic carbocycles. The van der Waals surface area contributed by atoms with Crippen LogP contribution in [-0.4, -0.2) is 24.6 Å². The first-order chi connectivity index (χ1) is 12.4. The molecule has 7 heteroatoms. The van der Waals surface area contributed by atoms with E-state index in [4.69, 9.17) is 21.1 Å². The third-order valence-electron chi connectivity index (χ3n) is 3.52. The van der Waals surface area contributed by atoms with E-state index < -0.39 is 23.8 Å². The van der Waals surface area contributed by atoms with Gasteiger partial charge in [-0.15, -0.1) is 0 Å². The van der Waals surface area contributed by atoms with E-state index in [1.54, 1.807) is 6.07 Å². The number of esters is 1. The van der Waals surface area contributed by atoms with E-state index in [9.17, 15) is 14.0 Å². The predicted molar refractivity (Wildman–Crippen MR) is 96.9 cm³/mol. The van der Waals surface area contributed by atoms with E-state index in [0.29, 0.717) is 5.75 Å². The Morgan fingerprint density at radius 1 is 1.23 bits per heavy atom. The summed E-state index contributed by atoms with van der Waals surface area (Å²) in [4.78, 5) is 23.8. The van der Waals surface area contributed by atoms with Gasteiger partial charge in [0.1, 0.15) is 11.6 Å². The zero-order valence-electron chi connectivity index (χ0n) is 14.4. The van der Waals surface area contributed by atoms with Crippen molar-refractivity contribution in [3.8, 4) is 5.75 Å². The molecule has 0 heterocycles. The van der Waals surface area contributed by atoms with Gasteiger partial charge in [0.25, 0.3) is 5.91 Å². The lowest BCUT2D eigenvalue weighted by Gasteiger charge is -2.14. The van der Waals surface area contributed by atoms with Gasteiger partial charge in [-0.3, -0.25) is 9.59 Å². The van der Waals surface area contributed by atoms with Crippen molar-refractivity contribution in [3.63, 3.8) is 0 Å². The number of hydrogen-bond acceptors (Lipinski definition) is 4. The molecule has 0 aliphatic heterocycles. The van der Waals surface area contributed by atoms with Crippen LogP contribution >= 0.6 is 11.6 Å². The van der Waals surface area contributed by atoms with Gasteiger partial charge in [0.15, 0.2) is 6.10 Å². The summed E-state index contributed by atoms with van der Waals surface area (Å²) in [6.45, 7) is 3.43. The fourth-order valence-electron chi connectivity index (χ4n) is 2.10. The van der Waals surface area contributed by atoms with Gasteiger partial charge in [0.2, 0.25) is 0 Å². The average Bonchev–Trinajstić information content (AvgIpc) is 2.59. The molecule has 0 radical (unpaired) electrons. The van der Waals surface area contributed by atoms with Gasteiger partial charge in [-0.25, -0.2) is 4.39 Å². The number of benzene rings is 2. The van der Waals surface area contributed by atoms with E-state index in [-0.39, 0.29) is 23.7 Å². The molecule has 26 heavy (non-hydrogen) atoms. The van der Waals surface area contributed by atoms with Crippen LogP contribution in [0.25, 0.3) is 0 Å². The summed E-state index contributed by atoms with van der Waals surface area (Å²) in [6, 6.07) is 11.3. The van der Waals surface area contributed by atoms with Crippen molar-refractivity contribution >= 4 is 29.2 Å². The third kappa shape index (κ3) is 5.74. The molecule has 2 aromatic carbocycles. The summed E-state index contributed by atoms with van der Waals surface area (Å²) in [6.07, 6.45) is -1.09. The lowest BCUT2D eigenvalue weighted by molar-refractivity contribution is -0.153. The predicted octanol–water partition coefficient (Wildman–Crippen LogP) is 4.13. The zero-order chi connectivity index (χ0) is 19.1. The number of ether oxygens (including phenoxy) is 2. The summed E-state index contributed by atoms with van der Waals surface area (Å²) < 4.78 is 24.2. The van der Waals surface area contributed by atoms with Crippen molar-refractivity contribution in [1.82, 2.24) is 0 Å². The van der Waals surface area contributed by atoms with Crippen LogP contribution in [0.4, 0.5) is 10.1 Å². The number of hydrogen-bond donors (Lipinski definition) is 1. The number of para-hydroxylation sites is 1. The van der Waals surface area contributed by atoms with Crippen molar-refractivity contribution in [2.75, 3.05) is 11.9 Å². The van der Waals surface area contributed by atoms with Crippen LogP contribution < -0.4 is 10.1 Å². The number of carbonyl (C=O) groups excluding carboxylic acids is 2. The minimum atomic E-state index is -1.07. The molecule has 0 saturated heterocycles. The lowest BCUT2D eigenvalue weighted by Crippen LogP contribution is -2.30. The highest BCUT2D eigenvalue weighted by Crippen LogP contribution is 2.19. The van der Waals surface area contributed by atoms with Gasteiger partial charge in [-0.05, 0) is 43.7 Å². The smallest absolute Gasteiger partial charge is 0.310 e. The van der Waals surface area contributed by atoms with Crippen LogP contribution in [0.2, 0.25) is 5.02 Å². The molecule has 0 unspecified atom stereocenters. The standard InChI is InChI=1S/C19H19ClFNO4/c1-12-5-3-4-6-17(12)25-10-9-18(23)26-13(2)19(24)22-16-8-7-14(20)11-15(16)21/h3-8,11,13H,9-10H2,1-2H3,(H,22,24)/t13-/m0/s1. The molecule has 1 amide bonds. The Kier molecular flexibility index (Phi) is 6.97. The van der Waals surface area contributed by atoms with Crippen LogP contribution in [0.1, 0.15) is 18.9 Å². The summed E-state index contributed by atoms with van der Waals surface area (Å²) >= 11 is 5.65. The molecular formula is C19H19ClFNO4. The Morgan fingerprint density at radius 2 is 1.96 bits per heavy atom. The molecule has 0 spiro atoms. The monoisotopic (exact) mass is 379 g/mol. The maximum absolute atomic E-state index is 13.7. The van der Waals surface area contributed by atoms with E-state index in [1.807, 2.05) is 25.1 Å². The van der Waals surface area contributed by atoms with Crippen LogP contribution in [0.15, 0.2) is 42.5 Å². The topological polar surface area (TPSA) is 64.6 Å². The molecular weight excluding hydrogens is 361 g/mol. The summed E-state index contributed by atoms with van der Waals surface area (Å²) in [5, 5.41) is 2.57. The molecule has 0 fully saturated rings. The molecule has 0 aromatic heterocycles. The zero-order valence-corrected chi connectivity index (χ0v) is 15.2. The maximum atomic E-state index is 13.7. The van der Waals surface area contributed by atoms with Gasteiger partial charge in [-0.1, -0.05) is 29.8 Å². The fraction of sp³-hybridized carbons (Fsp3) is 0.263. The normalized spacial score (nSPS) is 11.5. The van der Waals surface area contributed by atoms with Crippen LogP contribution in [0, 0.1) is 12.7 Å². The van der Waals surface area contributed by atoms with Gasteiger partial charge >= 0.3 is 5.97 Å². The number of anilines is 1. The van der Waals surface area contributed by atoms with E-state index >= 15 is 0 Å². The molecule has 0 bridgehead atoms. The van der Waals surface area contributed by atoms with Crippen LogP contribution in [0.3, 0.4) is 0 Å². The highest BCUT2D eigenvalue weighted by Gasteiger charge is 2.19. The highest BCUT2D eigenvalue weighted by molar-refractivity contribution is 6.30. The van der Waals surface area contributed by atoms with Crippen molar-refractivity contribution in [2.24, 2.45) is 0 Å². The highest BCUT2D eigenvalue weighted by atomic mass is 35.5. The minimum absolute atomic E-state index is 0.0126. The molecule has 1 atom stereocenters. The first kappa shape index (κ1) is 19.7.